The van der Waals surface area contributed by atoms with Crippen LogP contribution in [0.3, 0.4) is 0 Å². The van der Waals surface area contributed by atoms with E-state index in [1.54, 1.807) is 23.2 Å². The number of pyridine rings is 1. The molecule has 0 fully saturated rings. The maximum Gasteiger partial charge on any atom is 0.337 e. The van der Waals surface area contributed by atoms with Crippen LogP contribution in [0.2, 0.25) is 0 Å². The van der Waals surface area contributed by atoms with E-state index in [-0.39, 0.29) is 5.56 Å². The summed E-state index contributed by atoms with van der Waals surface area (Å²) >= 11 is 3.23. The van der Waals surface area contributed by atoms with Crippen LogP contribution in [0.1, 0.15) is 10.4 Å². The average molecular weight is 335 g/mol. The highest BCUT2D eigenvalue weighted by Gasteiger charge is 2.18. The molecule has 1 N–H and O–H groups in total. The first-order chi connectivity index (χ1) is 9.58. The highest BCUT2D eigenvalue weighted by Crippen LogP contribution is 2.30. The van der Waals surface area contributed by atoms with Crippen LogP contribution >= 0.6 is 15.9 Å². The van der Waals surface area contributed by atoms with E-state index < -0.39 is 11.8 Å². The van der Waals surface area contributed by atoms with Crippen molar-refractivity contribution in [2.24, 2.45) is 0 Å². The second kappa shape index (κ2) is 4.72. The first-order valence-electron chi connectivity index (χ1n) is 5.71. The average Bonchev–Trinajstić information content (AvgIpc) is 2.81. The Bertz CT molecular complexity index is 829. The van der Waals surface area contributed by atoms with E-state index in [0.29, 0.717) is 10.2 Å². The van der Waals surface area contributed by atoms with Gasteiger partial charge in [-0.3, -0.25) is 4.98 Å². The highest BCUT2D eigenvalue weighted by atomic mass is 79.9. The van der Waals surface area contributed by atoms with Crippen molar-refractivity contribution < 1.29 is 14.3 Å². The van der Waals surface area contributed by atoms with Crippen LogP contribution < -0.4 is 0 Å². The molecule has 0 atom stereocenters. The normalized spacial score (nSPS) is 10.9. The molecular weight excluding hydrogens is 327 g/mol. The van der Waals surface area contributed by atoms with E-state index in [1.165, 1.54) is 6.07 Å². The third kappa shape index (κ3) is 1.98. The molecule has 0 saturated heterocycles. The molecule has 0 saturated carbocycles. The van der Waals surface area contributed by atoms with Gasteiger partial charge in [0, 0.05) is 22.3 Å². The molecular formula is C14H8BrFN2O2. The molecule has 1 aromatic carbocycles. The van der Waals surface area contributed by atoms with Crippen molar-refractivity contribution in [2.75, 3.05) is 0 Å². The van der Waals surface area contributed by atoms with Crippen LogP contribution in [0.5, 0.6) is 0 Å². The van der Waals surface area contributed by atoms with Crippen molar-refractivity contribution >= 4 is 32.8 Å². The van der Waals surface area contributed by atoms with Crippen LogP contribution in [0.25, 0.3) is 16.6 Å². The number of hydrogen-bond acceptors (Lipinski definition) is 2. The van der Waals surface area contributed by atoms with E-state index in [1.807, 2.05) is 12.1 Å². The monoisotopic (exact) mass is 334 g/mol. The van der Waals surface area contributed by atoms with Crippen molar-refractivity contribution in [1.29, 1.82) is 0 Å². The third-order valence-corrected chi connectivity index (χ3v) is 3.60. The summed E-state index contributed by atoms with van der Waals surface area (Å²) in [5, 5.41) is 10.2. The minimum Gasteiger partial charge on any atom is -0.478 e. The largest absolute Gasteiger partial charge is 0.478 e. The van der Waals surface area contributed by atoms with Gasteiger partial charge in [0.1, 0.15) is 5.82 Å². The van der Waals surface area contributed by atoms with Crippen LogP contribution in [0.4, 0.5) is 4.39 Å². The smallest absolute Gasteiger partial charge is 0.337 e. The molecule has 0 amide bonds. The summed E-state index contributed by atoms with van der Waals surface area (Å²) in [5.74, 6) is -1.79. The maximum absolute atomic E-state index is 13.4. The van der Waals surface area contributed by atoms with Crippen molar-refractivity contribution in [3.63, 3.8) is 0 Å². The Morgan fingerprint density at radius 2 is 2.15 bits per heavy atom. The van der Waals surface area contributed by atoms with Gasteiger partial charge in [-0.2, -0.15) is 0 Å². The van der Waals surface area contributed by atoms with E-state index in [2.05, 4.69) is 20.9 Å². The minimum atomic E-state index is -1.19. The molecule has 20 heavy (non-hydrogen) atoms. The van der Waals surface area contributed by atoms with Crippen LogP contribution in [-0.2, 0) is 0 Å². The molecule has 4 nitrogen and oxygen atoms in total. The lowest BCUT2D eigenvalue weighted by Gasteiger charge is -2.11. The van der Waals surface area contributed by atoms with E-state index in [0.717, 1.165) is 17.0 Å². The molecule has 2 aromatic heterocycles. The lowest BCUT2D eigenvalue weighted by Crippen LogP contribution is -2.06. The van der Waals surface area contributed by atoms with Crippen LogP contribution in [-0.4, -0.2) is 20.6 Å². The van der Waals surface area contributed by atoms with Gasteiger partial charge in [0.05, 0.1) is 23.0 Å². The Balaban J connectivity index is 2.37. The van der Waals surface area contributed by atoms with Gasteiger partial charge in [-0.15, -0.1) is 0 Å². The van der Waals surface area contributed by atoms with E-state index in [4.69, 9.17) is 0 Å². The highest BCUT2D eigenvalue weighted by molar-refractivity contribution is 9.10. The van der Waals surface area contributed by atoms with Crippen LogP contribution in [0, 0.1) is 5.82 Å². The summed E-state index contributed by atoms with van der Waals surface area (Å²) in [6, 6.07) is 5.91. The van der Waals surface area contributed by atoms with Crippen molar-refractivity contribution in [3.05, 3.63) is 58.7 Å². The summed E-state index contributed by atoms with van der Waals surface area (Å²) in [5.41, 5.74) is 1.02. The summed E-state index contributed by atoms with van der Waals surface area (Å²) in [7, 11) is 0. The Morgan fingerprint density at radius 1 is 1.35 bits per heavy atom. The second-order valence-electron chi connectivity index (χ2n) is 4.21. The quantitative estimate of drug-likeness (QED) is 0.778. The summed E-state index contributed by atoms with van der Waals surface area (Å²) < 4.78 is 15.5. The lowest BCUT2D eigenvalue weighted by atomic mass is 10.1. The number of rotatable bonds is 2. The number of aromatic carboxylic acids is 1. The number of carbonyl (C=O) groups is 1. The molecule has 6 heteroatoms. The second-order valence-corrected chi connectivity index (χ2v) is 5.06. The van der Waals surface area contributed by atoms with Crippen molar-refractivity contribution in [2.45, 2.75) is 0 Å². The number of nitrogens with zero attached hydrogens (tertiary/aromatic N) is 2. The minimum absolute atomic E-state index is 0.113. The van der Waals surface area contributed by atoms with E-state index >= 15 is 0 Å². The standard InChI is InChI=1S/C14H8BrFN2O2/c15-11-6-9(16)5-10(14(19)20)13(11)18-4-2-8-1-3-17-7-12(8)18/h1-7H,(H,19,20). The molecule has 3 rings (SSSR count). The SMILES string of the molecule is O=C(O)c1cc(F)cc(Br)c1-n1ccc2ccncc21. The number of halogens is 2. The Hall–Kier alpha value is -2.21. The number of benzene rings is 1. The molecule has 0 unspecified atom stereocenters. The number of fused-ring (bicyclic) bond motifs is 1. The molecule has 100 valence electrons. The number of carboxylic acid groups (broad SMARTS) is 1. The van der Waals surface area contributed by atoms with Gasteiger partial charge in [0.15, 0.2) is 0 Å². The number of hydrogen-bond donors (Lipinski definition) is 1. The first-order valence-corrected chi connectivity index (χ1v) is 6.51. The van der Waals surface area contributed by atoms with Gasteiger partial charge in [0.25, 0.3) is 0 Å². The third-order valence-electron chi connectivity index (χ3n) is 2.99. The zero-order chi connectivity index (χ0) is 14.3. The number of carboxylic acids is 1. The van der Waals surface area contributed by atoms with Gasteiger partial charge in [0.2, 0.25) is 0 Å². The Kier molecular flexibility index (Phi) is 3.02. The Labute approximate surface area is 121 Å². The zero-order valence-corrected chi connectivity index (χ0v) is 11.6. The van der Waals surface area contributed by atoms with Gasteiger partial charge in [-0.05, 0) is 40.2 Å². The molecule has 0 aliphatic heterocycles. The molecule has 0 aliphatic rings. The molecule has 0 spiro atoms. The zero-order valence-electron chi connectivity index (χ0n) is 10.0. The molecule has 2 heterocycles. The van der Waals surface area contributed by atoms with Gasteiger partial charge < -0.3 is 9.67 Å². The van der Waals surface area contributed by atoms with E-state index in [9.17, 15) is 14.3 Å². The summed E-state index contributed by atoms with van der Waals surface area (Å²) in [4.78, 5) is 15.4. The number of aromatic nitrogens is 2. The first kappa shape index (κ1) is 12.8. The lowest BCUT2D eigenvalue weighted by molar-refractivity contribution is 0.0696. The predicted molar refractivity (Wildman–Crippen MR) is 75.7 cm³/mol. The Morgan fingerprint density at radius 3 is 2.90 bits per heavy atom. The summed E-state index contributed by atoms with van der Waals surface area (Å²) in [6.07, 6.45) is 5.03. The van der Waals surface area contributed by atoms with Crippen molar-refractivity contribution in [1.82, 2.24) is 9.55 Å². The fraction of sp³-hybridized carbons (Fsp3) is 0. The predicted octanol–water partition coefficient (Wildman–Crippen LogP) is 3.63. The maximum atomic E-state index is 13.4. The van der Waals surface area contributed by atoms with Gasteiger partial charge in [-0.1, -0.05) is 0 Å². The van der Waals surface area contributed by atoms with Crippen molar-refractivity contribution in [3.8, 4) is 5.69 Å². The molecule has 0 bridgehead atoms. The molecule has 0 aliphatic carbocycles. The van der Waals surface area contributed by atoms with Crippen LogP contribution in [0.15, 0.2) is 47.3 Å². The fourth-order valence-corrected chi connectivity index (χ4v) is 2.77. The fourth-order valence-electron chi connectivity index (χ4n) is 2.14. The summed E-state index contributed by atoms with van der Waals surface area (Å²) in [6.45, 7) is 0. The molecule has 3 aromatic rings. The topological polar surface area (TPSA) is 55.1 Å². The molecule has 0 radical (unpaired) electrons. The van der Waals surface area contributed by atoms with Gasteiger partial charge >= 0.3 is 5.97 Å². The van der Waals surface area contributed by atoms with Gasteiger partial charge in [-0.25, -0.2) is 9.18 Å².